The highest BCUT2D eigenvalue weighted by molar-refractivity contribution is 5.21. The summed E-state index contributed by atoms with van der Waals surface area (Å²) >= 11 is 0. The van der Waals surface area contributed by atoms with E-state index in [1.165, 1.54) is 12.1 Å². The molecule has 0 bridgehead atoms. The highest BCUT2D eigenvalue weighted by Crippen LogP contribution is 2.19. The van der Waals surface area contributed by atoms with Crippen LogP contribution in [0.4, 0.5) is 8.78 Å². The zero-order valence-corrected chi connectivity index (χ0v) is 12.9. The summed E-state index contributed by atoms with van der Waals surface area (Å²) < 4.78 is 26.4. The largest absolute Gasteiger partial charge is 0.395 e. The third-order valence-corrected chi connectivity index (χ3v) is 3.89. The van der Waals surface area contributed by atoms with Gasteiger partial charge in [-0.1, -0.05) is 13.8 Å². The average molecular weight is 300 g/mol. The van der Waals surface area contributed by atoms with E-state index in [0.29, 0.717) is 31.1 Å². The molecule has 0 aliphatic heterocycles. The fourth-order valence-corrected chi connectivity index (χ4v) is 2.67. The van der Waals surface area contributed by atoms with Gasteiger partial charge in [-0.25, -0.2) is 8.78 Å². The van der Waals surface area contributed by atoms with Crippen molar-refractivity contribution in [2.24, 2.45) is 5.73 Å². The Morgan fingerprint density at radius 3 is 2.14 bits per heavy atom. The molecular formula is C16H26F2N2O. The Morgan fingerprint density at radius 1 is 1.10 bits per heavy atom. The number of aliphatic hydroxyl groups is 1. The first kappa shape index (κ1) is 18.0. The predicted octanol–water partition coefficient (Wildman–Crippen LogP) is 2.84. The van der Waals surface area contributed by atoms with Crippen LogP contribution in [0.15, 0.2) is 18.2 Å². The molecule has 120 valence electrons. The summed E-state index contributed by atoms with van der Waals surface area (Å²) in [6, 6.07) is 3.39. The Labute approximate surface area is 125 Å². The van der Waals surface area contributed by atoms with Crippen molar-refractivity contribution in [2.45, 2.75) is 45.2 Å². The summed E-state index contributed by atoms with van der Waals surface area (Å²) in [6.45, 7) is 5.62. The quantitative estimate of drug-likeness (QED) is 0.737. The fourth-order valence-electron chi connectivity index (χ4n) is 2.67. The summed E-state index contributed by atoms with van der Waals surface area (Å²) in [5.41, 5.74) is 6.51. The molecule has 0 aliphatic carbocycles. The van der Waals surface area contributed by atoms with Gasteiger partial charge in [0.1, 0.15) is 11.6 Å². The summed E-state index contributed by atoms with van der Waals surface area (Å²) in [5.74, 6) is -1.21. The SMILES string of the molecule is CCC(CC)N(CCO)CCC(N)c1cc(F)cc(F)c1. The third-order valence-electron chi connectivity index (χ3n) is 3.89. The van der Waals surface area contributed by atoms with Gasteiger partial charge in [0.15, 0.2) is 0 Å². The smallest absolute Gasteiger partial charge is 0.126 e. The van der Waals surface area contributed by atoms with Gasteiger partial charge in [0.05, 0.1) is 6.61 Å². The van der Waals surface area contributed by atoms with Crippen LogP contribution in [-0.4, -0.2) is 35.7 Å². The Morgan fingerprint density at radius 2 is 1.67 bits per heavy atom. The van der Waals surface area contributed by atoms with E-state index in [4.69, 9.17) is 10.8 Å². The molecule has 0 heterocycles. The van der Waals surface area contributed by atoms with E-state index in [-0.39, 0.29) is 6.61 Å². The molecule has 0 aromatic heterocycles. The standard InChI is InChI=1S/C16H26F2N2O/c1-3-15(4-2)20(7-8-21)6-5-16(19)12-9-13(17)11-14(18)10-12/h9-11,15-16,21H,3-8,19H2,1-2H3. The average Bonchev–Trinajstić information content (AvgIpc) is 2.44. The molecule has 5 heteroatoms. The Kier molecular flexibility index (Phi) is 7.78. The lowest BCUT2D eigenvalue weighted by Crippen LogP contribution is -2.38. The van der Waals surface area contributed by atoms with Crippen LogP contribution in [0, 0.1) is 11.6 Å². The van der Waals surface area contributed by atoms with Gasteiger partial charge in [0.25, 0.3) is 0 Å². The first-order valence-corrected chi connectivity index (χ1v) is 7.58. The molecule has 0 saturated heterocycles. The van der Waals surface area contributed by atoms with E-state index in [2.05, 4.69) is 18.7 Å². The van der Waals surface area contributed by atoms with Gasteiger partial charge in [-0.05, 0) is 37.0 Å². The Balaban J connectivity index is 2.65. The van der Waals surface area contributed by atoms with Crippen molar-refractivity contribution in [3.63, 3.8) is 0 Å². The first-order chi connectivity index (χ1) is 10.0. The molecule has 21 heavy (non-hydrogen) atoms. The maximum atomic E-state index is 13.2. The number of nitrogens with zero attached hydrogens (tertiary/aromatic N) is 1. The molecule has 1 aromatic rings. The van der Waals surface area contributed by atoms with E-state index < -0.39 is 17.7 Å². The minimum absolute atomic E-state index is 0.0976. The van der Waals surface area contributed by atoms with Crippen LogP contribution in [-0.2, 0) is 0 Å². The van der Waals surface area contributed by atoms with Crippen molar-refractivity contribution < 1.29 is 13.9 Å². The molecule has 0 radical (unpaired) electrons. The molecule has 3 nitrogen and oxygen atoms in total. The zero-order valence-electron chi connectivity index (χ0n) is 12.9. The third kappa shape index (κ3) is 5.69. The second-order valence-electron chi connectivity index (χ2n) is 5.33. The molecule has 0 spiro atoms. The minimum atomic E-state index is -0.604. The lowest BCUT2D eigenvalue weighted by Gasteiger charge is -2.30. The van der Waals surface area contributed by atoms with Crippen LogP contribution in [0.25, 0.3) is 0 Å². The summed E-state index contributed by atoms with van der Waals surface area (Å²) in [6.07, 6.45) is 2.60. The molecule has 0 aliphatic rings. The van der Waals surface area contributed by atoms with E-state index in [0.717, 1.165) is 18.9 Å². The topological polar surface area (TPSA) is 49.5 Å². The van der Waals surface area contributed by atoms with Crippen LogP contribution in [0.2, 0.25) is 0 Å². The van der Waals surface area contributed by atoms with Crippen LogP contribution in [0.1, 0.15) is 44.7 Å². The van der Waals surface area contributed by atoms with Crippen molar-refractivity contribution in [3.05, 3.63) is 35.4 Å². The van der Waals surface area contributed by atoms with Crippen molar-refractivity contribution in [3.8, 4) is 0 Å². The number of hydrogen-bond donors (Lipinski definition) is 2. The Bertz CT molecular complexity index is 404. The molecule has 1 aromatic carbocycles. The number of halogens is 2. The van der Waals surface area contributed by atoms with Crippen LogP contribution < -0.4 is 5.73 Å². The molecule has 1 rings (SSSR count). The minimum Gasteiger partial charge on any atom is -0.395 e. The highest BCUT2D eigenvalue weighted by Gasteiger charge is 2.17. The summed E-state index contributed by atoms with van der Waals surface area (Å²) in [5, 5.41) is 9.16. The van der Waals surface area contributed by atoms with Gasteiger partial charge in [-0.15, -0.1) is 0 Å². The van der Waals surface area contributed by atoms with Crippen molar-refractivity contribution in [1.82, 2.24) is 4.90 Å². The molecule has 1 atom stereocenters. The monoisotopic (exact) mass is 300 g/mol. The zero-order chi connectivity index (χ0) is 15.8. The van der Waals surface area contributed by atoms with Gasteiger partial charge in [0.2, 0.25) is 0 Å². The van der Waals surface area contributed by atoms with E-state index in [1.54, 1.807) is 0 Å². The molecule has 1 unspecified atom stereocenters. The fraction of sp³-hybridized carbons (Fsp3) is 0.625. The maximum absolute atomic E-state index is 13.2. The molecule has 0 fully saturated rings. The van der Waals surface area contributed by atoms with Gasteiger partial charge in [-0.2, -0.15) is 0 Å². The number of aliphatic hydroxyl groups excluding tert-OH is 1. The Hall–Kier alpha value is -1.04. The molecular weight excluding hydrogens is 274 g/mol. The maximum Gasteiger partial charge on any atom is 0.126 e. The lowest BCUT2D eigenvalue weighted by molar-refractivity contribution is 0.139. The van der Waals surface area contributed by atoms with E-state index in [9.17, 15) is 8.78 Å². The summed E-state index contributed by atoms with van der Waals surface area (Å²) in [4.78, 5) is 2.19. The summed E-state index contributed by atoms with van der Waals surface area (Å²) in [7, 11) is 0. The van der Waals surface area contributed by atoms with Crippen molar-refractivity contribution in [2.75, 3.05) is 19.7 Å². The van der Waals surface area contributed by atoms with Gasteiger partial charge in [-0.3, -0.25) is 4.90 Å². The second-order valence-corrected chi connectivity index (χ2v) is 5.33. The molecule has 0 amide bonds. The number of rotatable bonds is 9. The number of nitrogens with two attached hydrogens (primary N) is 1. The number of benzene rings is 1. The molecule has 3 N–H and O–H groups in total. The van der Waals surface area contributed by atoms with Gasteiger partial charge >= 0.3 is 0 Å². The number of hydrogen-bond acceptors (Lipinski definition) is 3. The van der Waals surface area contributed by atoms with Crippen LogP contribution in [0.5, 0.6) is 0 Å². The lowest BCUT2D eigenvalue weighted by atomic mass is 10.0. The van der Waals surface area contributed by atoms with E-state index >= 15 is 0 Å². The predicted molar refractivity (Wildman–Crippen MR) is 80.9 cm³/mol. The van der Waals surface area contributed by atoms with Gasteiger partial charge < -0.3 is 10.8 Å². The van der Waals surface area contributed by atoms with E-state index in [1.807, 2.05) is 0 Å². The first-order valence-electron chi connectivity index (χ1n) is 7.58. The van der Waals surface area contributed by atoms with Crippen molar-refractivity contribution >= 4 is 0 Å². The molecule has 0 saturated carbocycles. The van der Waals surface area contributed by atoms with Crippen molar-refractivity contribution in [1.29, 1.82) is 0 Å². The van der Waals surface area contributed by atoms with Gasteiger partial charge in [0, 0.05) is 31.2 Å². The normalized spacial score (nSPS) is 13.1. The van der Waals surface area contributed by atoms with Crippen LogP contribution >= 0.6 is 0 Å². The highest BCUT2D eigenvalue weighted by atomic mass is 19.1. The van der Waals surface area contributed by atoms with Crippen LogP contribution in [0.3, 0.4) is 0 Å². The second kappa shape index (κ2) is 9.07.